The smallest absolute Gasteiger partial charge is 0.240 e. The Kier molecular flexibility index (Phi) is 8.37. The van der Waals surface area contributed by atoms with E-state index in [-0.39, 0.29) is 17.3 Å². The van der Waals surface area contributed by atoms with Crippen molar-refractivity contribution in [2.45, 2.75) is 40.5 Å². The number of carbonyl (C=O) groups excluding carboxylic acids is 3. The van der Waals surface area contributed by atoms with Crippen LogP contribution in [0.25, 0.3) is 0 Å². The van der Waals surface area contributed by atoms with Crippen LogP contribution in [0.15, 0.2) is 60.8 Å². The Hall–Kier alpha value is -4.27. The highest BCUT2D eigenvalue weighted by atomic mass is 19.1. The van der Waals surface area contributed by atoms with Gasteiger partial charge in [-0.05, 0) is 49.6 Å². The minimum Gasteiger partial charge on any atom is -0.457 e. The number of hydrogen-bond acceptors (Lipinski definition) is 5. The number of nitrogens with one attached hydrogen (secondary N) is 3. The Balaban J connectivity index is 0.00000176. The van der Waals surface area contributed by atoms with Crippen molar-refractivity contribution in [1.29, 1.82) is 0 Å². The van der Waals surface area contributed by atoms with Gasteiger partial charge in [-0.1, -0.05) is 32.0 Å². The predicted octanol–water partition coefficient (Wildman–Crippen LogP) is 5.66. The highest BCUT2D eigenvalue weighted by Crippen LogP contribution is 2.47. The van der Waals surface area contributed by atoms with Crippen LogP contribution in [0.4, 0.5) is 21.6 Å². The van der Waals surface area contributed by atoms with E-state index in [1.54, 1.807) is 37.3 Å². The van der Waals surface area contributed by atoms with Gasteiger partial charge in [0, 0.05) is 30.9 Å². The van der Waals surface area contributed by atoms with E-state index in [1.807, 2.05) is 19.9 Å². The molecule has 9 heteroatoms. The topological polar surface area (TPSA) is 109 Å². The van der Waals surface area contributed by atoms with Gasteiger partial charge in [-0.15, -0.1) is 0 Å². The van der Waals surface area contributed by atoms with Gasteiger partial charge in [-0.25, -0.2) is 9.37 Å². The second kappa shape index (κ2) is 11.4. The zero-order chi connectivity index (χ0) is 26.3. The van der Waals surface area contributed by atoms with E-state index in [1.165, 1.54) is 25.3 Å². The van der Waals surface area contributed by atoms with Crippen LogP contribution in [0.5, 0.6) is 11.5 Å². The minimum atomic E-state index is -1.22. The lowest BCUT2D eigenvalue weighted by molar-refractivity contribution is -0.131. The third-order valence-electron chi connectivity index (χ3n) is 5.43. The number of hydrogen-bond donors (Lipinski definition) is 3. The van der Waals surface area contributed by atoms with Crippen molar-refractivity contribution in [2.24, 2.45) is 5.41 Å². The molecule has 3 aromatic rings. The first-order valence-corrected chi connectivity index (χ1v) is 11.7. The number of amides is 3. The Bertz CT molecular complexity index is 1260. The molecule has 0 aliphatic heterocycles. The summed E-state index contributed by atoms with van der Waals surface area (Å²) < 4.78 is 20.6. The number of para-hydroxylation sites is 1. The number of rotatable bonds is 7. The van der Waals surface area contributed by atoms with Crippen LogP contribution < -0.4 is 20.7 Å². The third kappa shape index (κ3) is 6.24. The molecular weight excluding hydrogens is 463 g/mol. The van der Waals surface area contributed by atoms with Crippen molar-refractivity contribution in [1.82, 2.24) is 4.98 Å². The number of aryl methyl sites for hydroxylation is 1. The molecule has 4 rings (SSSR count). The number of ether oxygens (including phenoxy) is 1. The van der Waals surface area contributed by atoms with Crippen LogP contribution >= 0.6 is 0 Å². The molecule has 2 aromatic carbocycles. The fraction of sp³-hybridized carbons (Fsp3) is 0.259. The van der Waals surface area contributed by atoms with Crippen LogP contribution in [0.2, 0.25) is 0 Å². The highest BCUT2D eigenvalue weighted by molar-refractivity contribution is 6.17. The largest absolute Gasteiger partial charge is 0.457 e. The van der Waals surface area contributed by atoms with Crippen LogP contribution in [0, 0.1) is 18.2 Å². The van der Waals surface area contributed by atoms with Gasteiger partial charge in [0.25, 0.3) is 0 Å². The van der Waals surface area contributed by atoms with Crippen LogP contribution in [-0.2, 0) is 14.4 Å². The fourth-order valence-electron chi connectivity index (χ4n) is 3.42. The summed E-state index contributed by atoms with van der Waals surface area (Å²) in [5.41, 5.74) is -0.106. The number of anilines is 3. The zero-order valence-corrected chi connectivity index (χ0v) is 20.6. The van der Waals surface area contributed by atoms with Crippen LogP contribution in [0.3, 0.4) is 0 Å². The molecular formula is C27H29FN4O4. The number of halogens is 1. The number of carbonyl (C=O) groups is 3. The van der Waals surface area contributed by atoms with E-state index < -0.39 is 23.0 Å². The van der Waals surface area contributed by atoms with Gasteiger partial charge in [0.05, 0.1) is 5.69 Å². The van der Waals surface area contributed by atoms with Crippen molar-refractivity contribution in [2.75, 3.05) is 16.0 Å². The van der Waals surface area contributed by atoms with Gasteiger partial charge in [0.15, 0.2) is 0 Å². The molecule has 1 aromatic heterocycles. The van der Waals surface area contributed by atoms with Crippen molar-refractivity contribution in [3.63, 3.8) is 0 Å². The lowest BCUT2D eigenvalue weighted by atomic mass is 10.0. The van der Waals surface area contributed by atoms with Crippen LogP contribution in [0.1, 0.15) is 39.2 Å². The maximum absolute atomic E-state index is 14.8. The summed E-state index contributed by atoms with van der Waals surface area (Å²) in [7, 11) is 0. The van der Waals surface area contributed by atoms with E-state index in [4.69, 9.17) is 4.74 Å². The van der Waals surface area contributed by atoms with Crippen molar-refractivity contribution in [3.05, 3.63) is 72.2 Å². The average Bonchev–Trinajstić information content (AvgIpc) is 3.66. The lowest BCUT2D eigenvalue weighted by Crippen LogP contribution is -2.35. The average molecular weight is 493 g/mol. The summed E-state index contributed by atoms with van der Waals surface area (Å²) in [4.78, 5) is 40.8. The number of benzene rings is 2. The summed E-state index contributed by atoms with van der Waals surface area (Å²) in [5.74, 6) is -1.06. The molecule has 0 saturated heterocycles. The van der Waals surface area contributed by atoms with Crippen molar-refractivity contribution in [3.8, 4) is 11.5 Å². The maximum Gasteiger partial charge on any atom is 0.240 e. The second-order valence-electron chi connectivity index (χ2n) is 8.11. The third-order valence-corrected chi connectivity index (χ3v) is 5.43. The summed E-state index contributed by atoms with van der Waals surface area (Å²) >= 11 is 0. The maximum atomic E-state index is 14.8. The predicted molar refractivity (Wildman–Crippen MR) is 136 cm³/mol. The number of nitrogens with zero attached hydrogens (tertiary/aromatic N) is 1. The van der Waals surface area contributed by atoms with Crippen molar-refractivity contribution >= 4 is 34.9 Å². The van der Waals surface area contributed by atoms with E-state index in [2.05, 4.69) is 20.9 Å². The summed E-state index contributed by atoms with van der Waals surface area (Å²) in [6, 6.07) is 14.5. The van der Waals surface area contributed by atoms with Gasteiger partial charge >= 0.3 is 0 Å². The zero-order valence-electron chi connectivity index (χ0n) is 20.6. The van der Waals surface area contributed by atoms with Gasteiger partial charge in [0.1, 0.15) is 28.5 Å². The summed E-state index contributed by atoms with van der Waals surface area (Å²) in [6.07, 6.45) is 2.23. The van der Waals surface area contributed by atoms with E-state index in [0.717, 1.165) is 6.07 Å². The molecule has 1 aliphatic carbocycles. The summed E-state index contributed by atoms with van der Waals surface area (Å²) in [6.45, 7) is 7.06. The van der Waals surface area contributed by atoms with Gasteiger partial charge in [0.2, 0.25) is 17.7 Å². The van der Waals surface area contributed by atoms with E-state index in [9.17, 15) is 18.8 Å². The highest BCUT2D eigenvalue weighted by Gasteiger charge is 2.56. The normalized spacial score (nSPS) is 12.9. The Labute approximate surface area is 209 Å². The molecule has 1 heterocycles. The monoisotopic (exact) mass is 492 g/mol. The molecule has 0 bridgehead atoms. The Morgan fingerprint density at radius 3 is 2.25 bits per heavy atom. The Morgan fingerprint density at radius 2 is 1.61 bits per heavy atom. The first-order valence-electron chi connectivity index (χ1n) is 11.7. The van der Waals surface area contributed by atoms with Gasteiger partial charge < -0.3 is 20.7 Å². The molecule has 1 saturated carbocycles. The van der Waals surface area contributed by atoms with Crippen molar-refractivity contribution < 1.29 is 23.5 Å². The lowest BCUT2D eigenvalue weighted by Gasteiger charge is -2.17. The molecule has 188 valence electrons. The molecule has 0 radical (unpaired) electrons. The molecule has 3 N–H and O–H groups in total. The minimum absolute atomic E-state index is 0.0395. The molecule has 0 atom stereocenters. The van der Waals surface area contributed by atoms with Gasteiger partial charge in [-0.2, -0.15) is 0 Å². The van der Waals surface area contributed by atoms with Gasteiger partial charge in [-0.3, -0.25) is 14.4 Å². The van der Waals surface area contributed by atoms with E-state index >= 15 is 0 Å². The molecule has 8 nitrogen and oxygen atoms in total. The molecule has 36 heavy (non-hydrogen) atoms. The molecule has 0 unspecified atom stereocenters. The molecule has 0 spiro atoms. The van der Waals surface area contributed by atoms with E-state index in [0.29, 0.717) is 35.7 Å². The quantitative estimate of drug-likeness (QED) is 0.369. The molecule has 1 aliphatic rings. The fourth-order valence-corrected chi connectivity index (χ4v) is 3.42. The summed E-state index contributed by atoms with van der Waals surface area (Å²) in [5, 5.41) is 7.85. The SMILES string of the molecule is CC.CC(=O)Nc1cc(Oc2cc(F)c(NC(=O)C3(C(=O)Nc4ccccc4)CC3)cc2C)ccn1. The Morgan fingerprint density at radius 1 is 0.944 bits per heavy atom. The molecule has 1 fully saturated rings. The number of pyridine rings is 1. The first kappa shape index (κ1) is 26.3. The first-order chi connectivity index (χ1) is 17.3. The standard InChI is InChI=1S/C25H23FN4O4.C2H6/c1-15-12-20(19(26)14-21(15)34-18-8-11-27-22(13-18)28-16(2)31)30-24(33)25(9-10-25)23(32)29-17-6-4-3-5-7-17;1-2/h3-8,11-14H,9-10H2,1-2H3,(H,29,32)(H,30,33)(H,27,28,31);1-2H3. The number of aromatic nitrogens is 1. The second-order valence-corrected chi connectivity index (χ2v) is 8.11. The van der Waals surface area contributed by atoms with Crippen LogP contribution in [-0.4, -0.2) is 22.7 Å². The molecule has 3 amide bonds.